The van der Waals surface area contributed by atoms with Crippen molar-refractivity contribution in [3.8, 4) is 5.75 Å². The van der Waals surface area contributed by atoms with Gasteiger partial charge in [0.1, 0.15) is 5.75 Å². The van der Waals surface area contributed by atoms with Crippen LogP contribution in [0.15, 0.2) is 18.2 Å². The van der Waals surface area contributed by atoms with E-state index in [2.05, 4.69) is 10.6 Å². The number of carboxylic acids is 1. The highest BCUT2D eigenvalue weighted by Gasteiger charge is 2.05. The molecule has 0 radical (unpaired) electrons. The number of methoxy groups -OCH3 is 1. The number of rotatable bonds is 8. The van der Waals surface area contributed by atoms with Gasteiger partial charge in [0.05, 0.1) is 7.11 Å². The highest BCUT2D eigenvalue weighted by molar-refractivity contribution is 5.73. The molecule has 0 bridgehead atoms. The van der Waals surface area contributed by atoms with E-state index in [0.29, 0.717) is 25.9 Å². The van der Waals surface area contributed by atoms with Gasteiger partial charge in [0, 0.05) is 19.5 Å². The van der Waals surface area contributed by atoms with Crippen LogP contribution in [0.1, 0.15) is 24.0 Å². The first-order valence-corrected chi connectivity index (χ1v) is 6.90. The molecule has 1 rings (SSSR count). The Labute approximate surface area is 124 Å². The van der Waals surface area contributed by atoms with Crippen LogP contribution in [0.4, 0.5) is 4.79 Å². The zero-order valence-corrected chi connectivity index (χ0v) is 12.4. The molecule has 0 heterocycles. The summed E-state index contributed by atoms with van der Waals surface area (Å²) in [6.45, 7) is 2.85. The molecule has 0 aliphatic rings. The largest absolute Gasteiger partial charge is 0.496 e. The fraction of sp³-hybridized carbons (Fsp3) is 0.467. The summed E-state index contributed by atoms with van der Waals surface area (Å²) in [5, 5.41) is 13.8. The van der Waals surface area contributed by atoms with E-state index in [4.69, 9.17) is 9.84 Å². The molecule has 1 aromatic carbocycles. The summed E-state index contributed by atoms with van der Waals surface area (Å²) >= 11 is 0. The topological polar surface area (TPSA) is 87.7 Å². The predicted molar refractivity (Wildman–Crippen MR) is 79.7 cm³/mol. The van der Waals surface area contributed by atoms with Gasteiger partial charge in [-0.3, -0.25) is 4.79 Å². The quantitative estimate of drug-likeness (QED) is 0.637. The number of urea groups is 1. The van der Waals surface area contributed by atoms with Gasteiger partial charge in [-0.05, 0) is 31.4 Å². The minimum absolute atomic E-state index is 0.0563. The number of hydrogen-bond donors (Lipinski definition) is 3. The molecule has 6 heteroatoms. The average molecular weight is 294 g/mol. The maximum atomic E-state index is 11.5. The maximum absolute atomic E-state index is 11.5. The Hall–Kier alpha value is -2.24. The highest BCUT2D eigenvalue weighted by atomic mass is 16.5. The second-order valence-corrected chi connectivity index (χ2v) is 4.75. The van der Waals surface area contributed by atoms with E-state index >= 15 is 0 Å². The van der Waals surface area contributed by atoms with Gasteiger partial charge in [-0.25, -0.2) is 4.79 Å². The summed E-state index contributed by atoms with van der Waals surface area (Å²) in [5.74, 6) is -0.0481. The first-order valence-electron chi connectivity index (χ1n) is 6.90. The lowest BCUT2D eigenvalue weighted by Gasteiger charge is -2.11. The molecule has 0 saturated carbocycles. The summed E-state index contributed by atoms with van der Waals surface area (Å²) in [6, 6.07) is 5.64. The first kappa shape index (κ1) is 16.8. The Kier molecular flexibility index (Phi) is 7.08. The maximum Gasteiger partial charge on any atom is 0.314 e. The number of amides is 2. The molecule has 0 atom stereocenters. The summed E-state index contributed by atoms with van der Waals surface area (Å²) in [7, 11) is 1.62. The molecular formula is C15H22N2O4. The zero-order chi connectivity index (χ0) is 15.7. The van der Waals surface area contributed by atoms with Crippen LogP contribution in [-0.2, 0) is 11.2 Å². The van der Waals surface area contributed by atoms with Crippen LogP contribution < -0.4 is 15.4 Å². The van der Waals surface area contributed by atoms with Gasteiger partial charge in [-0.15, -0.1) is 0 Å². The molecule has 0 fully saturated rings. The summed E-state index contributed by atoms with van der Waals surface area (Å²) < 4.78 is 5.28. The highest BCUT2D eigenvalue weighted by Crippen LogP contribution is 2.19. The minimum Gasteiger partial charge on any atom is -0.496 e. The Morgan fingerprint density at radius 2 is 1.95 bits per heavy atom. The van der Waals surface area contributed by atoms with E-state index in [9.17, 15) is 9.59 Å². The van der Waals surface area contributed by atoms with Crippen molar-refractivity contribution in [3.63, 3.8) is 0 Å². The van der Waals surface area contributed by atoms with Gasteiger partial charge >= 0.3 is 12.0 Å². The predicted octanol–water partition coefficient (Wildman–Crippen LogP) is 1.71. The molecule has 0 aromatic heterocycles. The van der Waals surface area contributed by atoms with Gasteiger partial charge in [-0.1, -0.05) is 17.7 Å². The van der Waals surface area contributed by atoms with Gasteiger partial charge in [0.2, 0.25) is 0 Å². The van der Waals surface area contributed by atoms with Crippen molar-refractivity contribution >= 4 is 12.0 Å². The van der Waals surface area contributed by atoms with E-state index in [-0.39, 0.29) is 12.5 Å². The molecule has 1 aromatic rings. The molecule has 0 spiro atoms. The van der Waals surface area contributed by atoms with Gasteiger partial charge in [-0.2, -0.15) is 0 Å². The number of aryl methyl sites for hydroxylation is 1. The smallest absolute Gasteiger partial charge is 0.314 e. The lowest BCUT2D eigenvalue weighted by atomic mass is 10.1. The third kappa shape index (κ3) is 6.65. The van der Waals surface area contributed by atoms with E-state index < -0.39 is 5.97 Å². The molecule has 0 saturated heterocycles. The number of carboxylic acid groups (broad SMARTS) is 1. The number of benzene rings is 1. The van der Waals surface area contributed by atoms with Gasteiger partial charge in [0.15, 0.2) is 0 Å². The Bertz CT molecular complexity index is 489. The molecular weight excluding hydrogens is 272 g/mol. The Morgan fingerprint density at radius 1 is 1.24 bits per heavy atom. The number of carbonyl (C=O) groups is 2. The van der Waals surface area contributed by atoms with Crippen LogP contribution in [0.5, 0.6) is 5.75 Å². The van der Waals surface area contributed by atoms with Gasteiger partial charge in [0.25, 0.3) is 0 Å². The zero-order valence-electron chi connectivity index (χ0n) is 12.4. The van der Waals surface area contributed by atoms with Crippen LogP contribution in [0, 0.1) is 6.92 Å². The van der Waals surface area contributed by atoms with E-state index in [1.807, 2.05) is 25.1 Å². The summed E-state index contributed by atoms with van der Waals surface area (Å²) in [5.41, 5.74) is 2.19. The molecule has 2 amide bonds. The fourth-order valence-corrected chi connectivity index (χ4v) is 1.92. The fourth-order valence-electron chi connectivity index (χ4n) is 1.92. The van der Waals surface area contributed by atoms with Crippen molar-refractivity contribution in [1.29, 1.82) is 0 Å². The lowest BCUT2D eigenvalue weighted by molar-refractivity contribution is -0.137. The number of hydrogen-bond acceptors (Lipinski definition) is 3. The second-order valence-electron chi connectivity index (χ2n) is 4.75. The van der Waals surface area contributed by atoms with Crippen molar-refractivity contribution < 1.29 is 19.4 Å². The standard InChI is InChI=1S/C15H22N2O4/c1-11-5-6-13(21-2)12(10-11)7-9-17-15(20)16-8-3-4-14(18)19/h5-6,10H,3-4,7-9H2,1-2H3,(H,18,19)(H2,16,17,20). The molecule has 116 valence electrons. The number of nitrogens with one attached hydrogen (secondary N) is 2. The third-order valence-electron chi connectivity index (χ3n) is 2.97. The normalized spacial score (nSPS) is 10.0. The van der Waals surface area contributed by atoms with Crippen molar-refractivity contribution in [1.82, 2.24) is 10.6 Å². The summed E-state index contributed by atoms with van der Waals surface area (Å²) in [4.78, 5) is 21.8. The van der Waals surface area contributed by atoms with E-state index in [1.54, 1.807) is 7.11 Å². The van der Waals surface area contributed by atoms with E-state index in [1.165, 1.54) is 0 Å². The van der Waals surface area contributed by atoms with Crippen molar-refractivity contribution in [2.24, 2.45) is 0 Å². The van der Waals surface area contributed by atoms with Crippen molar-refractivity contribution in [2.75, 3.05) is 20.2 Å². The van der Waals surface area contributed by atoms with Gasteiger partial charge < -0.3 is 20.5 Å². The van der Waals surface area contributed by atoms with Crippen molar-refractivity contribution in [2.45, 2.75) is 26.2 Å². The number of aliphatic carboxylic acids is 1. The Morgan fingerprint density at radius 3 is 2.62 bits per heavy atom. The van der Waals surface area contributed by atoms with Crippen molar-refractivity contribution in [3.05, 3.63) is 29.3 Å². The molecule has 0 aliphatic heterocycles. The van der Waals surface area contributed by atoms with Crippen LogP contribution in [0.2, 0.25) is 0 Å². The van der Waals surface area contributed by atoms with Crippen LogP contribution in [-0.4, -0.2) is 37.3 Å². The SMILES string of the molecule is COc1ccc(C)cc1CCNC(=O)NCCCC(=O)O. The van der Waals surface area contributed by atoms with Crippen LogP contribution >= 0.6 is 0 Å². The number of carbonyl (C=O) groups excluding carboxylic acids is 1. The minimum atomic E-state index is -0.858. The molecule has 0 aliphatic carbocycles. The summed E-state index contributed by atoms with van der Waals surface area (Å²) in [6.07, 6.45) is 1.16. The third-order valence-corrected chi connectivity index (χ3v) is 2.97. The monoisotopic (exact) mass is 294 g/mol. The number of ether oxygens (including phenoxy) is 1. The van der Waals surface area contributed by atoms with E-state index in [0.717, 1.165) is 16.9 Å². The average Bonchev–Trinajstić information content (AvgIpc) is 2.44. The second kappa shape index (κ2) is 8.84. The Balaban J connectivity index is 2.28. The molecule has 3 N–H and O–H groups in total. The lowest BCUT2D eigenvalue weighted by Crippen LogP contribution is -2.37. The first-order chi connectivity index (χ1) is 10.0. The molecule has 0 unspecified atom stereocenters. The van der Waals surface area contributed by atoms with Crippen LogP contribution in [0.3, 0.4) is 0 Å². The molecule has 21 heavy (non-hydrogen) atoms. The van der Waals surface area contributed by atoms with Crippen LogP contribution in [0.25, 0.3) is 0 Å². The molecule has 6 nitrogen and oxygen atoms in total.